The molecule has 1 aromatic rings. The average Bonchev–Trinajstić information content (AvgIpc) is 2.58. The molecular formula is C11H16N2O3S. The molecule has 0 aliphatic rings. The zero-order chi connectivity index (χ0) is 13.2. The van der Waals surface area contributed by atoms with Crippen LogP contribution in [0.25, 0.3) is 0 Å². The predicted molar refractivity (Wildman–Crippen MR) is 64.9 cm³/mol. The summed E-state index contributed by atoms with van der Waals surface area (Å²) in [4.78, 5) is 29.0. The summed E-state index contributed by atoms with van der Waals surface area (Å²) in [5.74, 6) is -1.28. The summed E-state index contributed by atoms with van der Waals surface area (Å²) < 4.78 is 0. The molecule has 1 N–H and O–H groups in total. The van der Waals surface area contributed by atoms with Crippen molar-refractivity contribution in [2.24, 2.45) is 0 Å². The van der Waals surface area contributed by atoms with Crippen molar-refractivity contribution >= 4 is 23.2 Å². The minimum absolute atomic E-state index is 0.171. The highest BCUT2D eigenvalue weighted by molar-refractivity contribution is 7.10. The average molecular weight is 256 g/mol. The van der Waals surface area contributed by atoms with Crippen LogP contribution in [-0.4, -0.2) is 32.9 Å². The number of nitrogens with zero attached hydrogens (tertiary/aromatic N) is 2. The second-order valence-corrected chi connectivity index (χ2v) is 4.95. The van der Waals surface area contributed by atoms with Gasteiger partial charge in [-0.2, -0.15) is 0 Å². The van der Waals surface area contributed by atoms with Crippen LogP contribution in [0.15, 0.2) is 5.51 Å². The third-order valence-corrected chi connectivity index (χ3v) is 3.45. The number of aliphatic carboxylic acids is 1. The molecule has 1 amide bonds. The zero-order valence-electron chi connectivity index (χ0n) is 10.3. The second kappa shape index (κ2) is 5.27. The Hall–Kier alpha value is -1.43. The van der Waals surface area contributed by atoms with Gasteiger partial charge in [0.1, 0.15) is 0 Å². The van der Waals surface area contributed by atoms with Crippen LogP contribution in [0.3, 0.4) is 0 Å². The van der Waals surface area contributed by atoms with Gasteiger partial charge in [0.05, 0.1) is 16.1 Å². The van der Waals surface area contributed by atoms with Crippen molar-refractivity contribution in [1.29, 1.82) is 0 Å². The first-order chi connectivity index (χ1) is 7.86. The Morgan fingerprint density at radius 3 is 2.35 bits per heavy atom. The molecule has 0 saturated carbocycles. The first-order valence-electron chi connectivity index (χ1n) is 5.28. The van der Waals surface area contributed by atoms with Gasteiger partial charge >= 0.3 is 5.97 Å². The molecule has 0 radical (unpaired) electrons. The smallest absolute Gasteiger partial charge is 0.332 e. The monoisotopic (exact) mass is 256 g/mol. The van der Waals surface area contributed by atoms with Crippen LogP contribution in [-0.2, 0) is 9.59 Å². The van der Waals surface area contributed by atoms with E-state index in [0.717, 1.165) is 0 Å². The normalized spacial score (nSPS) is 12.5. The summed E-state index contributed by atoms with van der Waals surface area (Å²) >= 11 is 1.26. The van der Waals surface area contributed by atoms with E-state index in [-0.39, 0.29) is 11.9 Å². The van der Waals surface area contributed by atoms with Gasteiger partial charge in [-0.15, -0.1) is 11.3 Å². The first-order valence-corrected chi connectivity index (χ1v) is 6.16. The van der Waals surface area contributed by atoms with E-state index in [1.807, 2.05) is 0 Å². The molecule has 0 aromatic carbocycles. The lowest BCUT2D eigenvalue weighted by Crippen LogP contribution is -2.42. The molecule has 17 heavy (non-hydrogen) atoms. The highest BCUT2D eigenvalue weighted by atomic mass is 32.1. The molecule has 0 spiro atoms. The van der Waals surface area contributed by atoms with E-state index >= 15 is 0 Å². The van der Waals surface area contributed by atoms with Crippen molar-refractivity contribution in [3.05, 3.63) is 16.1 Å². The molecule has 0 aliphatic heterocycles. The van der Waals surface area contributed by atoms with Crippen LogP contribution in [0.1, 0.15) is 37.4 Å². The Balaban J connectivity index is 3.21. The molecule has 1 atom stereocenters. The molecule has 1 rings (SSSR count). The molecule has 1 unspecified atom stereocenters. The van der Waals surface area contributed by atoms with Gasteiger partial charge in [-0.25, -0.2) is 9.78 Å². The molecule has 94 valence electrons. The summed E-state index contributed by atoms with van der Waals surface area (Å²) in [6, 6.07) is -1.12. The summed E-state index contributed by atoms with van der Waals surface area (Å²) in [6.45, 7) is 6.73. The number of carbonyl (C=O) groups is 2. The van der Waals surface area contributed by atoms with Gasteiger partial charge < -0.3 is 10.0 Å². The molecule has 0 bridgehead atoms. The zero-order valence-corrected chi connectivity index (χ0v) is 11.1. The number of carbonyl (C=O) groups excluding carboxylic acids is 1. The SMILES string of the molecule is CC(=O)N(C(C)C)C(C(=O)O)c1scnc1C. The van der Waals surface area contributed by atoms with Crippen LogP contribution in [0.2, 0.25) is 0 Å². The number of aryl methyl sites for hydroxylation is 1. The maximum Gasteiger partial charge on any atom is 0.332 e. The highest BCUT2D eigenvalue weighted by Gasteiger charge is 2.33. The number of carboxylic acid groups (broad SMARTS) is 1. The van der Waals surface area contributed by atoms with Gasteiger partial charge in [0, 0.05) is 13.0 Å². The Kier molecular flexibility index (Phi) is 4.22. The third-order valence-electron chi connectivity index (χ3n) is 2.46. The summed E-state index contributed by atoms with van der Waals surface area (Å²) in [7, 11) is 0. The topological polar surface area (TPSA) is 70.5 Å². The maximum absolute atomic E-state index is 11.6. The number of amides is 1. The lowest BCUT2D eigenvalue weighted by Gasteiger charge is -2.31. The third kappa shape index (κ3) is 2.82. The standard InChI is InChI=1S/C11H16N2O3S/c1-6(2)13(8(4)14)9(11(15)16)10-7(3)12-5-17-10/h5-6,9H,1-4H3,(H,15,16). The fourth-order valence-electron chi connectivity index (χ4n) is 1.77. The van der Waals surface area contributed by atoms with Gasteiger partial charge in [-0.1, -0.05) is 0 Å². The van der Waals surface area contributed by atoms with Gasteiger partial charge in [0.15, 0.2) is 6.04 Å². The van der Waals surface area contributed by atoms with Crippen LogP contribution in [0.4, 0.5) is 0 Å². The predicted octanol–water partition coefficient (Wildman–Crippen LogP) is 1.83. The van der Waals surface area contributed by atoms with Gasteiger partial charge in [0.25, 0.3) is 0 Å². The molecule has 0 fully saturated rings. The lowest BCUT2D eigenvalue weighted by molar-refractivity contribution is -0.151. The van der Waals surface area contributed by atoms with Crippen molar-refractivity contribution in [1.82, 2.24) is 9.88 Å². The molecule has 0 aliphatic carbocycles. The quantitative estimate of drug-likeness (QED) is 0.892. The summed E-state index contributed by atoms with van der Waals surface area (Å²) in [5.41, 5.74) is 2.26. The van der Waals surface area contributed by atoms with E-state index in [0.29, 0.717) is 10.6 Å². The van der Waals surface area contributed by atoms with Crippen LogP contribution >= 0.6 is 11.3 Å². The number of thiazole rings is 1. The molecule has 0 saturated heterocycles. The molecule has 1 aromatic heterocycles. The van der Waals surface area contributed by atoms with Crippen molar-refractivity contribution in [2.45, 2.75) is 39.8 Å². The van der Waals surface area contributed by atoms with E-state index in [1.165, 1.54) is 23.2 Å². The van der Waals surface area contributed by atoms with E-state index in [1.54, 1.807) is 26.3 Å². The fraction of sp³-hybridized carbons (Fsp3) is 0.545. The van der Waals surface area contributed by atoms with E-state index in [9.17, 15) is 14.7 Å². The number of hydrogen-bond acceptors (Lipinski definition) is 4. The van der Waals surface area contributed by atoms with Crippen LogP contribution in [0, 0.1) is 6.92 Å². The fourth-order valence-corrected chi connectivity index (χ4v) is 2.67. The molecule has 1 heterocycles. The van der Waals surface area contributed by atoms with Crippen LogP contribution < -0.4 is 0 Å². The highest BCUT2D eigenvalue weighted by Crippen LogP contribution is 2.29. The van der Waals surface area contributed by atoms with Crippen molar-refractivity contribution < 1.29 is 14.7 Å². The summed E-state index contributed by atoms with van der Waals surface area (Å²) in [6.07, 6.45) is 0. The lowest BCUT2D eigenvalue weighted by atomic mass is 10.1. The number of carboxylic acids is 1. The summed E-state index contributed by atoms with van der Waals surface area (Å²) in [5, 5.41) is 9.32. The molecular weight excluding hydrogens is 240 g/mol. The molecule has 6 heteroatoms. The van der Waals surface area contributed by atoms with Crippen molar-refractivity contribution in [2.75, 3.05) is 0 Å². The van der Waals surface area contributed by atoms with Crippen molar-refractivity contribution in [3.8, 4) is 0 Å². The van der Waals surface area contributed by atoms with Crippen LogP contribution in [0.5, 0.6) is 0 Å². The van der Waals surface area contributed by atoms with Crippen molar-refractivity contribution in [3.63, 3.8) is 0 Å². The Bertz CT molecular complexity index is 428. The van der Waals surface area contributed by atoms with E-state index in [4.69, 9.17) is 0 Å². The second-order valence-electron chi connectivity index (χ2n) is 4.06. The Morgan fingerprint density at radius 2 is 2.06 bits per heavy atom. The Labute approximate surface area is 104 Å². The molecule has 5 nitrogen and oxygen atoms in total. The van der Waals surface area contributed by atoms with Gasteiger partial charge in [0.2, 0.25) is 5.91 Å². The number of rotatable bonds is 4. The Morgan fingerprint density at radius 1 is 1.47 bits per heavy atom. The van der Waals surface area contributed by atoms with Gasteiger partial charge in [-0.3, -0.25) is 4.79 Å². The maximum atomic E-state index is 11.6. The number of hydrogen-bond donors (Lipinski definition) is 1. The largest absolute Gasteiger partial charge is 0.479 e. The number of aromatic nitrogens is 1. The minimum Gasteiger partial charge on any atom is -0.479 e. The minimum atomic E-state index is -1.03. The van der Waals surface area contributed by atoms with E-state index < -0.39 is 12.0 Å². The van der Waals surface area contributed by atoms with Gasteiger partial charge in [-0.05, 0) is 20.8 Å². The van der Waals surface area contributed by atoms with E-state index in [2.05, 4.69) is 4.98 Å². The first kappa shape index (κ1) is 13.6.